The fourth-order valence-corrected chi connectivity index (χ4v) is 2.34. The van der Waals surface area contributed by atoms with E-state index in [1.165, 1.54) is 32.5 Å². The second kappa shape index (κ2) is 8.48. The van der Waals surface area contributed by atoms with Gasteiger partial charge in [-0.15, -0.1) is 0 Å². The van der Waals surface area contributed by atoms with E-state index in [2.05, 4.69) is 23.6 Å². The first-order valence-corrected chi connectivity index (χ1v) is 6.94. The van der Waals surface area contributed by atoms with E-state index >= 15 is 0 Å². The molecule has 0 aromatic heterocycles. The molecule has 1 aliphatic rings. The first-order valence-electron chi connectivity index (χ1n) is 6.94. The standard InChI is InChI=1S/C13H27N3O/c1-3-5-14(6-4-2)7-8-15-9-11-16(13-17)12-10-15/h13H,3-12H2,1-2H3. The van der Waals surface area contributed by atoms with Gasteiger partial charge in [0.2, 0.25) is 6.41 Å². The summed E-state index contributed by atoms with van der Waals surface area (Å²) < 4.78 is 0. The van der Waals surface area contributed by atoms with Gasteiger partial charge in [0.15, 0.2) is 0 Å². The second-order valence-electron chi connectivity index (χ2n) is 4.82. The molecule has 0 N–H and O–H groups in total. The zero-order chi connectivity index (χ0) is 12.5. The lowest BCUT2D eigenvalue weighted by Crippen LogP contribution is -2.48. The van der Waals surface area contributed by atoms with Crippen LogP contribution in [0.3, 0.4) is 0 Å². The molecule has 1 fully saturated rings. The van der Waals surface area contributed by atoms with Crippen LogP contribution < -0.4 is 0 Å². The van der Waals surface area contributed by atoms with E-state index in [1.807, 2.05) is 4.90 Å². The van der Waals surface area contributed by atoms with Crippen molar-refractivity contribution in [2.45, 2.75) is 26.7 Å². The summed E-state index contributed by atoms with van der Waals surface area (Å²) in [5.41, 5.74) is 0. The number of carbonyl (C=O) groups excluding carboxylic acids is 1. The Balaban J connectivity index is 2.18. The van der Waals surface area contributed by atoms with E-state index < -0.39 is 0 Å². The Kier molecular flexibility index (Phi) is 7.21. The number of hydrogen-bond acceptors (Lipinski definition) is 3. The molecule has 17 heavy (non-hydrogen) atoms. The molecule has 4 nitrogen and oxygen atoms in total. The Hall–Kier alpha value is -0.610. The topological polar surface area (TPSA) is 26.8 Å². The van der Waals surface area contributed by atoms with Crippen LogP contribution in [0.15, 0.2) is 0 Å². The maximum Gasteiger partial charge on any atom is 0.209 e. The summed E-state index contributed by atoms with van der Waals surface area (Å²) in [6, 6.07) is 0. The highest BCUT2D eigenvalue weighted by atomic mass is 16.1. The summed E-state index contributed by atoms with van der Waals surface area (Å²) in [6.07, 6.45) is 3.44. The van der Waals surface area contributed by atoms with Crippen LogP contribution in [0.1, 0.15) is 26.7 Å². The normalized spacial score (nSPS) is 17.7. The minimum absolute atomic E-state index is 0.894. The maximum atomic E-state index is 10.6. The molecule has 0 aromatic rings. The van der Waals surface area contributed by atoms with Crippen LogP contribution in [0.2, 0.25) is 0 Å². The second-order valence-corrected chi connectivity index (χ2v) is 4.82. The summed E-state index contributed by atoms with van der Waals surface area (Å²) in [5, 5.41) is 0. The highest BCUT2D eigenvalue weighted by molar-refractivity contribution is 5.47. The van der Waals surface area contributed by atoms with Crippen molar-refractivity contribution in [3.8, 4) is 0 Å². The number of nitrogens with zero attached hydrogens (tertiary/aromatic N) is 3. The molecule has 1 aliphatic heterocycles. The molecule has 0 radical (unpaired) electrons. The van der Waals surface area contributed by atoms with Gasteiger partial charge in [-0.25, -0.2) is 0 Å². The van der Waals surface area contributed by atoms with Gasteiger partial charge in [-0.3, -0.25) is 9.69 Å². The molecule has 0 unspecified atom stereocenters. The molecule has 0 atom stereocenters. The van der Waals surface area contributed by atoms with Crippen LogP contribution in [0.4, 0.5) is 0 Å². The first kappa shape index (κ1) is 14.5. The molecule has 1 amide bonds. The Bertz CT molecular complexity index is 197. The third-order valence-electron chi connectivity index (χ3n) is 3.37. The molecule has 0 saturated carbocycles. The van der Waals surface area contributed by atoms with Crippen LogP contribution in [0.5, 0.6) is 0 Å². The third-order valence-corrected chi connectivity index (χ3v) is 3.37. The van der Waals surface area contributed by atoms with Crippen molar-refractivity contribution in [2.75, 3.05) is 52.4 Å². The summed E-state index contributed by atoms with van der Waals surface area (Å²) in [7, 11) is 0. The van der Waals surface area contributed by atoms with Gasteiger partial charge in [0, 0.05) is 39.3 Å². The van der Waals surface area contributed by atoms with Gasteiger partial charge >= 0.3 is 0 Å². The van der Waals surface area contributed by atoms with E-state index in [9.17, 15) is 4.79 Å². The zero-order valence-electron chi connectivity index (χ0n) is 11.4. The van der Waals surface area contributed by atoms with Gasteiger partial charge in [0.1, 0.15) is 0 Å². The van der Waals surface area contributed by atoms with Crippen molar-refractivity contribution >= 4 is 6.41 Å². The summed E-state index contributed by atoms with van der Waals surface area (Å²) >= 11 is 0. The molecule has 1 heterocycles. The molecule has 0 spiro atoms. The molecule has 0 aromatic carbocycles. The van der Waals surface area contributed by atoms with Gasteiger partial charge in [-0.1, -0.05) is 13.8 Å². The lowest BCUT2D eigenvalue weighted by Gasteiger charge is -2.34. The fourth-order valence-electron chi connectivity index (χ4n) is 2.34. The molecule has 100 valence electrons. The van der Waals surface area contributed by atoms with Gasteiger partial charge in [0.05, 0.1) is 0 Å². The molecule has 0 bridgehead atoms. The molecule has 1 rings (SSSR count). The molecule has 1 saturated heterocycles. The Morgan fingerprint density at radius 2 is 1.59 bits per heavy atom. The maximum absolute atomic E-state index is 10.6. The molecule has 0 aliphatic carbocycles. The molecular weight excluding hydrogens is 214 g/mol. The minimum Gasteiger partial charge on any atom is -0.343 e. The minimum atomic E-state index is 0.894. The summed E-state index contributed by atoms with van der Waals surface area (Å²) in [6.45, 7) is 13.1. The van der Waals surface area contributed by atoms with Gasteiger partial charge in [0.25, 0.3) is 0 Å². The van der Waals surface area contributed by atoms with Crippen LogP contribution in [-0.2, 0) is 4.79 Å². The predicted octanol–water partition coefficient (Wildman–Crippen LogP) is 0.882. The number of hydrogen-bond donors (Lipinski definition) is 0. The first-order chi connectivity index (χ1) is 8.30. The number of piperazine rings is 1. The van der Waals surface area contributed by atoms with E-state index in [0.717, 1.165) is 39.1 Å². The smallest absolute Gasteiger partial charge is 0.209 e. The van der Waals surface area contributed by atoms with E-state index in [1.54, 1.807) is 0 Å². The van der Waals surface area contributed by atoms with Crippen molar-refractivity contribution in [1.82, 2.24) is 14.7 Å². The van der Waals surface area contributed by atoms with Crippen LogP contribution in [0, 0.1) is 0 Å². The van der Waals surface area contributed by atoms with Gasteiger partial charge < -0.3 is 9.80 Å². The van der Waals surface area contributed by atoms with E-state index in [-0.39, 0.29) is 0 Å². The Labute approximate surface area is 106 Å². The van der Waals surface area contributed by atoms with Crippen molar-refractivity contribution in [3.05, 3.63) is 0 Å². The van der Waals surface area contributed by atoms with E-state index in [4.69, 9.17) is 0 Å². The summed E-state index contributed by atoms with van der Waals surface area (Å²) in [5.74, 6) is 0. The molecule has 4 heteroatoms. The number of carbonyl (C=O) groups is 1. The third kappa shape index (κ3) is 5.50. The van der Waals surface area contributed by atoms with Crippen molar-refractivity contribution in [1.29, 1.82) is 0 Å². The lowest BCUT2D eigenvalue weighted by atomic mass is 10.3. The van der Waals surface area contributed by atoms with Crippen molar-refractivity contribution < 1.29 is 4.79 Å². The quantitative estimate of drug-likeness (QED) is 0.590. The van der Waals surface area contributed by atoms with Gasteiger partial charge in [-0.05, 0) is 25.9 Å². The fraction of sp³-hybridized carbons (Fsp3) is 0.923. The molecular formula is C13H27N3O. The summed E-state index contributed by atoms with van der Waals surface area (Å²) in [4.78, 5) is 17.5. The van der Waals surface area contributed by atoms with Crippen molar-refractivity contribution in [2.24, 2.45) is 0 Å². The van der Waals surface area contributed by atoms with E-state index in [0.29, 0.717) is 0 Å². The number of amides is 1. The van der Waals surface area contributed by atoms with Gasteiger partial charge in [-0.2, -0.15) is 0 Å². The highest BCUT2D eigenvalue weighted by Crippen LogP contribution is 2.01. The number of rotatable bonds is 8. The highest BCUT2D eigenvalue weighted by Gasteiger charge is 2.15. The Morgan fingerprint density at radius 1 is 1.00 bits per heavy atom. The van der Waals surface area contributed by atoms with Crippen LogP contribution in [-0.4, -0.2) is 73.5 Å². The Morgan fingerprint density at radius 3 is 2.06 bits per heavy atom. The lowest BCUT2D eigenvalue weighted by molar-refractivity contribution is -0.119. The average Bonchev–Trinajstić information content (AvgIpc) is 2.37. The van der Waals surface area contributed by atoms with Crippen LogP contribution in [0.25, 0.3) is 0 Å². The SMILES string of the molecule is CCCN(CCC)CCN1CCN(C=O)CC1. The van der Waals surface area contributed by atoms with Crippen molar-refractivity contribution in [3.63, 3.8) is 0 Å². The zero-order valence-corrected chi connectivity index (χ0v) is 11.4. The average molecular weight is 241 g/mol. The monoisotopic (exact) mass is 241 g/mol. The largest absolute Gasteiger partial charge is 0.343 e. The predicted molar refractivity (Wildman–Crippen MR) is 71.1 cm³/mol. The van der Waals surface area contributed by atoms with Crippen LogP contribution >= 0.6 is 0 Å².